The van der Waals surface area contributed by atoms with E-state index in [2.05, 4.69) is 4.98 Å². The molecule has 0 radical (unpaired) electrons. The highest BCUT2D eigenvalue weighted by Crippen LogP contribution is 2.29. The van der Waals surface area contributed by atoms with Crippen LogP contribution in [-0.4, -0.2) is 59.3 Å². The Morgan fingerprint density at radius 3 is 2.24 bits per heavy atom. The van der Waals surface area contributed by atoms with E-state index in [1.165, 1.54) is 27.7 Å². The Labute approximate surface area is 197 Å². The molecule has 1 fully saturated rings. The second-order valence-corrected chi connectivity index (χ2v) is 10.6. The average Bonchev–Trinajstić information content (AvgIpc) is 2.80. The third kappa shape index (κ3) is 4.23. The van der Waals surface area contributed by atoms with Crippen LogP contribution in [0, 0.1) is 33.5 Å². The number of rotatable bonds is 4. The Morgan fingerprint density at radius 2 is 1.62 bits per heavy atom. The van der Waals surface area contributed by atoms with Crippen molar-refractivity contribution in [2.45, 2.75) is 39.1 Å². The van der Waals surface area contributed by atoms with E-state index in [-0.39, 0.29) is 44.0 Å². The van der Waals surface area contributed by atoms with Gasteiger partial charge in [-0.2, -0.15) is 4.31 Å². The summed E-state index contributed by atoms with van der Waals surface area (Å²) >= 11 is 0. The molecule has 1 saturated heterocycles. The summed E-state index contributed by atoms with van der Waals surface area (Å²) in [5.41, 5.74) is 3.17. The molecule has 3 aromatic rings. The third-order valence-electron chi connectivity index (χ3n) is 6.58. The first-order valence-electron chi connectivity index (χ1n) is 11.0. The summed E-state index contributed by atoms with van der Waals surface area (Å²) in [5, 5.41) is 0.102. The molecule has 1 aliphatic heterocycles. The third-order valence-corrected chi connectivity index (χ3v) is 8.75. The number of carbonyl (C=O) groups is 1. The fourth-order valence-corrected chi connectivity index (χ4v) is 6.36. The van der Waals surface area contributed by atoms with Gasteiger partial charge in [-0.3, -0.25) is 14.2 Å². The number of hydrogen-bond acceptors (Lipinski definition) is 5. The molecule has 1 amide bonds. The molecule has 0 bridgehead atoms. The molecule has 4 rings (SSSR count). The minimum Gasteiger partial charge on any atom is -0.338 e. The highest BCUT2D eigenvalue weighted by atomic mass is 32.2. The van der Waals surface area contributed by atoms with Gasteiger partial charge in [-0.25, -0.2) is 17.8 Å². The number of hydrogen-bond donors (Lipinski definition) is 0. The van der Waals surface area contributed by atoms with E-state index in [1.807, 2.05) is 33.8 Å². The lowest BCUT2D eigenvalue weighted by Gasteiger charge is -2.35. The van der Waals surface area contributed by atoms with Gasteiger partial charge in [0, 0.05) is 26.2 Å². The van der Waals surface area contributed by atoms with E-state index in [0.29, 0.717) is 10.4 Å². The van der Waals surface area contributed by atoms with Crippen LogP contribution < -0.4 is 5.56 Å². The molecule has 0 atom stereocenters. The Kier molecular flexibility index (Phi) is 6.30. The molecule has 8 nitrogen and oxygen atoms in total. The van der Waals surface area contributed by atoms with Gasteiger partial charge in [-0.15, -0.1) is 0 Å². The van der Waals surface area contributed by atoms with Gasteiger partial charge in [-0.05, 0) is 68.1 Å². The highest BCUT2D eigenvalue weighted by Gasteiger charge is 2.33. The average molecular weight is 487 g/mol. The summed E-state index contributed by atoms with van der Waals surface area (Å²) in [5.74, 6) is -0.877. The zero-order valence-corrected chi connectivity index (χ0v) is 20.4. The molecular formula is C24H27FN4O4S. The van der Waals surface area contributed by atoms with Gasteiger partial charge in [0.1, 0.15) is 12.4 Å². The standard InChI is InChI=1S/C24H27FN4O4S/c1-15-11-16(2)18(4)23(17(15)3)34(32,33)29-9-7-27(8-10-29)22(30)13-28-14-26-21-6-5-19(25)12-20(21)24(28)31/h5-6,11-12,14H,7-10,13H2,1-4H3. The molecule has 1 aromatic heterocycles. The van der Waals surface area contributed by atoms with Crippen molar-refractivity contribution in [1.82, 2.24) is 18.8 Å². The van der Waals surface area contributed by atoms with Gasteiger partial charge >= 0.3 is 0 Å². The zero-order chi connectivity index (χ0) is 24.8. The maximum absolute atomic E-state index is 13.5. The maximum Gasteiger partial charge on any atom is 0.261 e. The fraction of sp³-hybridized carbons (Fsp3) is 0.375. The van der Waals surface area contributed by atoms with Crippen molar-refractivity contribution in [3.05, 3.63) is 69.0 Å². The van der Waals surface area contributed by atoms with Gasteiger partial charge < -0.3 is 4.90 Å². The second kappa shape index (κ2) is 8.92. The summed E-state index contributed by atoms with van der Waals surface area (Å²) in [4.78, 5) is 31.5. The molecule has 34 heavy (non-hydrogen) atoms. The number of sulfonamides is 1. The summed E-state index contributed by atoms with van der Waals surface area (Å²) in [7, 11) is -3.72. The van der Waals surface area contributed by atoms with Crippen LogP contribution in [0.3, 0.4) is 0 Å². The zero-order valence-electron chi connectivity index (χ0n) is 19.6. The number of carbonyl (C=O) groups excluding carboxylic acids is 1. The van der Waals surface area contributed by atoms with Gasteiger partial charge in [0.2, 0.25) is 15.9 Å². The second-order valence-electron chi connectivity index (χ2n) is 8.71. The fourth-order valence-electron chi connectivity index (χ4n) is 4.36. The minimum absolute atomic E-state index is 0.102. The first-order valence-corrected chi connectivity index (χ1v) is 12.4. The number of piperazine rings is 1. The van der Waals surface area contributed by atoms with Crippen LogP contribution in [0.4, 0.5) is 4.39 Å². The summed E-state index contributed by atoms with van der Waals surface area (Å²) < 4.78 is 43.0. The summed E-state index contributed by atoms with van der Waals surface area (Å²) in [6, 6.07) is 5.72. The van der Waals surface area contributed by atoms with Crippen molar-refractivity contribution in [3.8, 4) is 0 Å². The predicted octanol–water partition coefficient (Wildman–Crippen LogP) is 2.30. The van der Waals surface area contributed by atoms with Gasteiger partial charge in [0.15, 0.2) is 0 Å². The molecule has 2 aromatic carbocycles. The summed E-state index contributed by atoms with van der Waals surface area (Å²) in [6.07, 6.45) is 1.27. The normalized spacial score (nSPS) is 15.1. The minimum atomic E-state index is -3.72. The van der Waals surface area contributed by atoms with Gasteiger partial charge in [0.05, 0.1) is 22.1 Å². The Bertz CT molecular complexity index is 1430. The molecule has 1 aliphatic rings. The largest absolute Gasteiger partial charge is 0.338 e. The number of aryl methyl sites for hydroxylation is 2. The van der Waals surface area contributed by atoms with E-state index in [1.54, 1.807) is 0 Å². The van der Waals surface area contributed by atoms with E-state index >= 15 is 0 Å². The first kappa shape index (κ1) is 24.0. The van der Waals surface area contributed by atoms with Crippen LogP contribution in [0.15, 0.2) is 40.3 Å². The van der Waals surface area contributed by atoms with E-state index in [4.69, 9.17) is 0 Å². The van der Waals surface area contributed by atoms with Crippen molar-refractivity contribution in [3.63, 3.8) is 0 Å². The maximum atomic E-state index is 13.5. The van der Waals surface area contributed by atoms with Crippen LogP contribution in [-0.2, 0) is 21.4 Å². The molecule has 0 N–H and O–H groups in total. The van der Waals surface area contributed by atoms with Crippen molar-refractivity contribution < 1.29 is 17.6 Å². The number of amides is 1. The van der Waals surface area contributed by atoms with Crippen LogP contribution in [0.1, 0.15) is 22.3 Å². The van der Waals surface area contributed by atoms with Crippen LogP contribution in [0.25, 0.3) is 10.9 Å². The monoisotopic (exact) mass is 486 g/mol. The lowest BCUT2D eigenvalue weighted by atomic mass is 10.0. The van der Waals surface area contributed by atoms with E-state index < -0.39 is 21.4 Å². The molecule has 0 saturated carbocycles. The van der Waals surface area contributed by atoms with Crippen LogP contribution >= 0.6 is 0 Å². The first-order chi connectivity index (χ1) is 16.0. The molecule has 2 heterocycles. The molecule has 0 unspecified atom stereocenters. The topological polar surface area (TPSA) is 92.6 Å². The Morgan fingerprint density at radius 1 is 1.00 bits per heavy atom. The van der Waals surface area contributed by atoms with Crippen LogP contribution in [0.2, 0.25) is 0 Å². The van der Waals surface area contributed by atoms with Crippen molar-refractivity contribution in [2.75, 3.05) is 26.2 Å². The van der Waals surface area contributed by atoms with Gasteiger partial charge in [0.25, 0.3) is 5.56 Å². The number of aromatic nitrogens is 2. The number of benzene rings is 2. The predicted molar refractivity (Wildman–Crippen MR) is 127 cm³/mol. The Hall–Kier alpha value is -3.11. The lowest BCUT2D eigenvalue weighted by Crippen LogP contribution is -2.51. The number of nitrogens with zero attached hydrogens (tertiary/aromatic N) is 4. The molecular weight excluding hydrogens is 459 g/mol. The molecule has 10 heteroatoms. The molecule has 0 aliphatic carbocycles. The lowest BCUT2D eigenvalue weighted by molar-refractivity contribution is -0.133. The highest BCUT2D eigenvalue weighted by molar-refractivity contribution is 7.89. The van der Waals surface area contributed by atoms with E-state index in [0.717, 1.165) is 32.9 Å². The molecule has 0 spiro atoms. The van der Waals surface area contributed by atoms with Crippen molar-refractivity contribution >= 4 is 26.8 Å². The van der Waals surface area contributed by atoms with Gasteiger partial charge in [-0.1, -0.05) is 6.07 Å². The summed E-state index contributed by atoms with van der Waals surface area (Å²) in [6.45, 7) is 7.93. The number of halogens is 1. The van der Waals surface area contributed by atoms with E-state index in [9.17, 15) is 22.4 Å². The smallest absolute Gasteiger partial charge is 0.261 e. The SMILES string of the molecule is Cc1cc(C)c(C)c(S(=O)(=O)N2CCN(C(=O)Cn3cnc4ccc(F)cc4c3=O)CC2)c1C. The Balaban J connectivity index is 1.49. The van der Waals surface area contributed by atoms with Crippen LogP contribution in [0.5, 0.6) is 0 Å². The quantitative estimate of drug-likeness (QED) is 0.564. The molecule has 180 valence electrons. The van der Waals surface area contributed by atoms with Crippen molar-refractivity contribution in [1.29, 1.82) is 0 Å². The van der Waals surface area contributed by atoms with Crippen molar-refractivity contribution in [2.24, 2.45) is 0 Å². The number of fused-ring (bicyclic) bond motifs is 1.